The van der Waals surface area contributed by atoms with Crippen LogP contribution in [0.3, 0.4) is 0 Å². The Bertz CT molecular complexity index is 820. The highest BCUT2D eigenvalue weighted by atomic mass is 35.5. The number of halogens is 1. The largest absolute Gasteiger partial charge is 0.481 e. The van der Waals surface area contributed by atoms with Crippen LogP contribution in [-0.4, -0.2) is 31.2 Å². The van der Waals surface area contributed by atoms with Crippen molar-refractivity contribution in [3.8, 4) is 22.6 Å². The number of aliphatic carboxylic acids is 1. The average Bonchev–Trinajstić information content (AvgIpc) is 2.95. The molecule has 3 aromatic rings. The van der Waals surface area contributed by atoms with E-state index >= 15 is 0 Å². The van der Waals surface area contributed by atoms with Crippen LogP contribution in [0.25, 0.3) is 22.6 Å². The minimum Gasteiger partial charge on any atom is -0.481 e. The van der Waals surface area contributed by atoms with E-state index in [2.05, 4.69) is 20.2 Å². The zero-order valence-electron chi connectivity index (χ0n) is 11.1. The standard InChI is InChI=1S/C14H9ClN4O3/c15-11-2-8(10-5-16-7-17-6-10)1-9(3-11)14-19-18-12(22-14)4-13(20)21/h1-3,5-7H,4H2,(H,20,21). The summed E-state index contributed by atoms with van der Waals surface area (Å²) in [6.07, 6.45) is 4.43. The minimum absolute atomic E-state index is 0.0343. The Labute approximate surface area is 129 Å². The lowest BCUT2D eigenvalue weighted by Gasteiger charge is -2.03. The lowest BCUT2D eigenvalue weighted by Crippen LogP contribution is -1.99. The Balaban J connectivity index is 1.99. The van der Waals surface area contributed by atoms with Crippen LogP contribution in [0.4, 0.5) is 0 Å². The third kappa shape index (κ3) is 3.09. The fraction of sp³-hybridized carbons (Fsp3) is 0.0714. The highest BCUT2D eigenvalue weighted by Gasteiger charge is 2.13. The van der Waals surface area contributed by atoms with Gasteiger partial charge in [0, 0.05) is 28.5 Å². The number of hydrogen-bond acceptors (Lipinski definition) is 6. The number of carboxylic acid groups (broad SMARTS) is 1. The van der Waals surface area contributed by atoms with E-state index in [1.165, 1.54) is 6.33 Å². The van der Waals surface area contributed by atoms with Crippen LogP contribution in [0.5, 0.6) is 0 Å². The first-order valence-corrected chi connectivity index (χ1v) is 6.60. The number of aromatic nitrogens is 4. The predicted octanol–water partition coefficient (Wildman–Crippen LogP) is 2.47. The van der Waals surface area contributed by atoms with Gasteiger partial charge in [-0.25, -0.2) is 9.97 Å². The van der Waals surface area contributed by atoms with Gasteiger partial charge in [0.05, 0.1) is 0 Å². The molecule has 0 unspecified atom stereocenters. The summed E-state index contributed by atoms with van der Waals surface area (Å²) in [6.45, 7) is 0. The van der Waals surface area contributed by atoms with E-state index in [0.29, 0.717) is 10.6 Å². The first-order chi connectivity index (χ1) is 10.6. The average molecular weight is 317 g/mol. The van der Waals surface area contributed by atoms with Crippen molar-refractivity contribution in [2.24, 2.45) is 0 Å². The molecule has 0 spiro atoms. The summed E-state index contributed by atoms with van der Waals surface area (Å²) in [5.74, 6) is -0.799. The van der Waals surface area contributed by atoms with E-state index in [9.17, 15) is 4.79 Å². The first-order valence-electron chi connectivity index (χ1n) is 6.22. The smallest absolute Gasteiger partial charge is 0.312 e. The van der Waals surface area contributed by atoms with Gasteiger partial charge >= 0.3 is 5.97 Å². The maximum absolute atomic E-state index is 10.6. The lowest BCUT2D eigenvalue weighted by molar-refractivity contribution is -0.136. The second-order valence-corrected chi connectivity index (χ2v) is 4.86. The fourth-order valence-electron chi connectivity index (χ4n) is 1.90. The van der Waals surface area contributed by atoms with Gasteiger partial charge in [-0.15, -0.1) is 10.2 Å². The van der Waals surface area contributed by atoms with Gasteiger partial charge in [-0.05, 0) is 23.8 Å². The second kappa shape index (κ2) is 5.90. The van der Waals surface area contributed by atoms with Crippen molar-refractivity contribution in [3.63, 3.8) is 0 Å². The Morgan fingerprint density at radius 3 is 2.55 bits per heavy atom. The Hall–Kier alpha value is -2.80. The van der Waals surface area contributed by atoms with E-state index < -0.39 is 5.97 Å². The molecule has 22 heavy (non-hydrogen) atoms. The highest BCUT2D eigenvalue weighted by Crippen LogP contribution is 2.29. The van der Waals surface area contributed by atoms with E-state index in [-0.39, 0.29) is 18.2 Å². The molecule has 110 valence electrons. The van der Waals surface area contributed by atoms with Gasteiger partial charge in [-0.2, -0.15) is 0 Å². The van der Waals surface area contributed by atoms with E-state index in [4.69, 9.17) is 21.1 Å². The Morgan fingerprint density at radius 2 is 1.82 bits per heavy atom. The van der Waals surface area contributed by atoms with Crippen LogP contribution in [0.1, 0.15) is 5.89 Å². The van der Waals surface area contributed by atoms with Crippen molar-refractivity contribution < 1.29 is 14.3 Å². The molecule has 0 fully saturated rings. The Morgan fingerprint density at radius 1 is 1.09 bits per heavy atom. The summed E-state index contributed by atoms with van der Waals surface area (Å²) in [6, 6.07) is 5.22. The van der Waals surface area contributed by atoms with Crippen molar-refractivity contribution in [2.45, 2.75) is 6.42 Å². The van der Waals surface area contributed by atoms with Crippen LogP contribution in [-0.2, 0) is 11.2 Å². The summed E-state index contributed by atoms with van der Waals surface area (Å²) in [5.41, 5.74) is 2.17. The molecule has 8 heteroatoms. The molecular formula is C14H9ClN4O3. The van der Waals surface area contributed by atoms with Gasteiger partial charge in [0.15, 0.2) is 0 Å². The maximum Gasteiger partial charge on any atom is 0.312 e. The van der Waals surface area contributed by atoms with Gasteiger partial charge < -0.3 is 9.52 Å². The molecule has 0 saturated heterocycles. The molecule has 0 atom stereocenters. The van der Waals surface area contributed by atoms with Crippen molar-refractivity contribution in [2.75, 3.05) is 0 Å². The second-order valence-electron chi connectivity index (χ2n) is 4.43. The number of rotatable bonds is 4. The third-order valence-electron chi connectivity index (χ3n) is 2.81. The van der Waals surface area contributed by atoms with Crippen LogP contribution in [0, 0.1) is 0 Å². The number of hydrogen-bond donors (Lipinski definition) is 1. The van der Waals surface area contributed by atoms with E-state index in [1.54, 1.807) is 30.6 Å². The Kier molecular flexibility index (Phi) is 3.80. The molecule has 0 saturated carbocycles. The molecule has 1 N–H and O–H groups in total. The summed E-state index contributed by atoms with van der Waals surface area (Å²) in [4.78, 5) is 18.6. The quantitative estimate of drug-likeness (QED) is 0.788. The fourth-order valence-corrected chi connectivity index (χ4v) is 2.13. The predicted molar refractivity (Wildman–Crippen MR) is 77.1 cm³/mol. The van der Waals surface area contributed by atoms with Gasteiger partial charge in [-0.1, -0.05) is 11.6 Å². The van der Waals surface area contributed by atoms with Crippen molar-refractivity contribution in [3.05, 3.63) is 47.8 Å². The van der Waals surface area contributed by atoms with Crippen molar-refractivity contribution >= 4 is 17.6 Å². The number of carbonyl (C=O) groups is 1. The molecule has 2 aromatic heterocycles. The molecule has 0 aliphatic rings. The molecule has 0 amide bonds. The summed E-state index contributed by atoms with van der Waals surface area (Å²) >= 11 is 6.12. The van der Waals surface area contributed by atoms with Crippen LogP contribution in [0.15, 0.2) is 41.3 Å². The molecule has 7 nitrogen and oxygen atoms in total. The van der Waals surface area contributed by atoms with Crippen molar-refractivity contribution in [1.29, 1.82) is 0 Å². The summed E-state index contributed by atoms with van der Waals surface area (Å²) < 4.78 is 5.33. The number of nitrogens with zero attached hydrogens (tertiary/aromatic N) is 4. The monoisotopic (exact) mass is 316 g/mol. The van der Waals surface area contributed by atoms with Gasteiger partial charge in [0.2, 0.25) is 11.8 Å². The third-order valence-corrected chi connectivity index (χ3v) is 3.03. The van der Waals surface area contributed by atoms with E-state index in [1.807, 2.05) is 0 Å². The molecule has 3 rings (SSSR count). The van der Waals surface area contributed by atoms with E-state index in [0.717, 1.165) is 11.1 Å². The maximum atomic E-state index is 10.6. The lowest BCUT2D eigenvalue weighted by atomic mass is 10.1. The highest BCUT2D eigenvalue weighted by molar-refractivity contribution is 6.31. The molecular weight excluding hydrogens is 308 g/mol. The van der Waals surface area contributed by atoms with Crippen LogP contribution >= 0.6 is 11.6 Å². The molecule has 0 aliphatic carbocycles. The number of benzene rings is 1. The zero-order chi connectivity index (χ0) is 15.5. The summed E-state index contributed by atoms with van der Waals surface area (Å²) in [5, 5.41) is 16.7. The topological polar surface area (TPSA) is 102 Å². The van der Waals surface area contributed by atoms with Gasteiger partial charge in [0.25, 0.3) is 0 Å². The summed E-state index contributed by atoms with van der Waals surface area (Å²) in [7, 11) is 0. The molecule has 0 radical (unpaired) electrons. The molecule has 0 aliphatic heterocycles. The van der Waals surface area contributed by atoms with Crippen LogP contribution in [0.2, 0.25) is 5.02 Å². The molecule has 1 aromatic carbocycles. The zero-order valence-corrected chi connectivity index (χ0v) is 11.9. The normalized spacial score (nSPS) is 10.6. The van der Waals surface area contributed by atoms with Crippen LogP contribution < -0.4 is 0 Å². The van der Waals surface area contributed by atoms with Gasteiger partial charge in [-0.3, -0.25) is 4.79 Å². The first kappa shape index (κ1) is 14.2. The molecule has 0 bridgehead atoms. The number of carboxylic acids is 1. The minimum atomic E-state index is -1.04. The van der Waals surface area contributed by atoms with Gasteiger partial charge in [0.1, 0.15) is 12.7 Å². The SMILES string of the molecule is O=C(O)Cc1nnc(-c2cc(Cl)cc(-c3cncnc3)c2)o1. The molecule has 2 heterocycles. The van der Waals surface area contributed by atoms with Crippen molar-refractivity contribution in [1.82, 2.24) is 20.2 Å².